The van der Waals surface area contributed by atoms with Crippen LogP contribution in [0.25, 0.3) is 0 Å². The Morgan fingerprint density at radius 1 is 1.33 bits per heavy atom. The number of unbranched alkanes of at least 4 members (excludes halogenated alkanes) is 1. The van der Waals surface area contributed by atoms with Crippen LogP contribution in [0.3, 0.4) is 0 Å². The van der Waals surface area contributed by atoms with E-state index in [0.29, 0.717) is 32.1 Å². The predicted molar refractivity (Wildman–Crippen MR) is 77.1 cm³/mol. The maximum atomic E-state index is 12.2. The van der Waals surface area contributed by atoms with Crippen LogP contribution in [0.2, 0.25) is 0 Å². The minimum absolute atomic E-state index is 0. The van der Waals surface area contributed by atoms with Gasteiger partial charge in [0.25, 0.3) is 10.2 Å². The molecule has 1 rings (SSSR count). The highest BCUT2D eigenvalue weighted by Gasteiger charge is 2.30. The number of nitrogens with zero attached hydrogens (tertiary/aromatic N) is 2. The maximum absolute atomic E-state index is 12.2. The van der Waals surface area contributed by atoms with Gasteiger partial charge < -0.3 is 5.73 Å². The van der Waals surface area contributed by atoms with E-state index in [1.165, 1.54) is 4.31 Å². The molecule has 1 aliphatic heterocycles. The van der Waals surface area contributed by atoms with E-state index in [9.17, 15) is 8.42 Å². The summed E-state index contributed by atoms with van der Waals surface area (Å²) < 4.78 is 27.5. The Hall–Kier alpha value is 0.120. The van der Waals surface area contributed by atoms with Gasteiger partial charge in [-0.2, -0.15) is 17.0 Å². The molecule has 1 aliphatic rings. The third-order valence-electron chi connectivity index (χ3n) is 3.45. The van der Waals surface area contributed by atoms with Gasteiger partial charge in [-0.3, -0.25) is 0 Å². The maximum Gasteiger partial charge on any atom is 0.281 e. The summed E-state index contributed by atoms with van der Waals surface area (Å²) in [5, 5.41) is 0. The van der Waals surface area contributed by atoms with Gasteiger partial charge in [0, 0.05) is 26.7 Å². The Balaban J connectivity index is 0.00000289. The molecule has 1 fully saturated rings. The molecule has 7 heteroatoms. The molecule has 0 aromatic carbocycles. The van der Waals surface area contributed by atoms with Gasteiger partial charge in [0.15, 0.2) is 0 Å². The Bertz CT molecular complexity index is 316. The number of halogens is 1. The number of piperidine rings is 1. The Kier molecular flexibility index (Phi) is 8.38. The standard InChI is InChI=1S/C11H25N3O2S.ClH/c1-3-4-7-13(2)17(15,16)14-8-5-11(10-12)6-9-14;/h11H,3-10,12H2,1-2H3;1H. The van der Waals surface area contributed by atoms with Crippen molar-refractivity contribution in [1.29, 1.82) is 0 Å². The fraction of sp³-hybridized carbons (Fsp3) is 1.00. The summed E-state index contributed by atoms with van der Waals surface area (Å²) in [5.41, 5.74) is 5.60. The minimum atomic E-state index is -3.24. The highest BCUT2D eigenvalue weighted by Crippen LogP contribution is 2.20. The van der Waals surface area contributed by atoms with Crippen LogP contribution in [0.1, 0.15) is 32.6 Å². The Morgan fingerprint density at radius 3 is 2.33 bits per heavy atom. The first kappa shape index (κ1) is 18.1. The van der Waals surface area contributed by atoms with Crippen molar-refractivity contribution < 1.29 is 8.42 Å². The Morgan fingerprint density at radius 2 is 1.89 bits per heavy atom. The van der Waals surface area contributed by atoms with E-state index in [2.05, 4.69) is 6.92 Å². The van der Waals surface area contributed by atoms with Gasteiger partial charge in [-0.25, -0.2) is 0 Å². The summed E-state index contributed by atoms with van der Waals surface area (Å²) >= 11 is 0. The lowest BCUT2D eigenvalue weighted by atomic mass is 9.99. The number of hydrogen-bond acceptors (Lipinski definition) is 3. The molecule has 0 amide bonds. The van der Waals surface area contributed by atoms with E-state index in [1.54, 1.807) is 11.4 Å². The van der Waals surface area contributed by atoms with Crippen molar-refractivity contribution in [3.8, 4) is 0 Å². The first-order valence-corrected chi connectivity index (χ1v) is 7.83. The van der Waals surface area contributed by atoms with Gasteiger partial charge in [0.2, 0.25) is 0 Å². The molecule has 2 N–H and O–H groups in total. The molecule has 110 valence electrons. The smallest absolute Gasteiger partial charge is 0.281 e. The lowest BCUT2D eigenvalue weighted by Crippen LogP contribution is -2.46. The lowest BCUT2D eigenvalue weighted by molar-refractivity contribution is 0.262. The Labute approximate surface area is 117 Å². The van der Waals surface area contributed by atoms with Crippen LogP contribution in [-0.4, -0.2) is 50.3 Å². The molecule has 0 aromatic rings. The molecule has 0 saturated carbocycles. The molecular weight excluding hydrogens is 274 g/mol. The topological polar surface area (TPSA) is 66.6 Å². The zero-order valence-electron chi connectivity index (χ0n) is 11.3. The molecule has 18 heavy (non-hydrogen) atoms. The third-order valence-corrected chi connectivity index (χ3v) is 5.44. The molecule has 0 atom stereocenters. The van der Waals surface area contributed by atoms with Crippen LogP contribution in [-0.2, 0) is 10.2 Å². The fourth-order valence-corrected chi connectivity index (χ4v) is 3.50. The molecule has 1 saturated heterocycles. The number of nitrogens with two attached hydrogens (primary N) is 1. The molecular formula is C11H26ClN3O2S. The SMILES string of the molecule is CCCCN(C)S(=O)(=O)N1CCC(CN)CC1.Cl. The molecule has 0 unspecified atom stereocenters. The highest BCUT2D eigenvalue weighted by molar-refractivity contribution is 7.86. The van der Waals surface area contributed by atoms with Crippen LogP contribution in [0.15, 0.2) is 0 Å². The molecule has 0 aromatic heterocycles. The zero-order valence-corrected chi connectivity index (χ0v) is 13.0. The van der Waals surface area contributed by atoms with Crippen LogP contribution < -0.4 is 5.73 Å². The molecule has 0 aliphatic carbocycles. The molecule has 0 bridgehead atoms. The minimum Gasteiger partial charge on any atom is -0.330 e. The van der Waals surface area contributed by atoms with Crippen LogP contribution in [0, 0.1) is 5.92 Å². The van der Waals surface area contributed by atoms with Crippen LogP contribution >= 0.6 is 12.4 Å². The number of rotatable bonds is 6. The average Bonchev–Trinajstić information content (AvgIpc) is 2.35. The van der Waals surface area contributed by atoms with Gasteiger partial charge in [-0.1, -0.05) is 13.3 Å². The van der Waals surface area contributed by atoms with Crippen LogP contribution in [0.5, 0.6) is 0 Å². The van der Waals surface area contributed by atoms with Crippen molar-refractivity contribution >= 4 is 22.6 Å². The first-order valence-electron chi connectivity index (χ1n) is 6.43. The normalized spacial score (nSPS) is 18.9. The fourth-order valence-electron chi connectivity index (χ4n) is 2.07. The second kappa shape index (κ2) is 8.32. The zero-order chi connectivity index (χ0) is 12.9. The van der Waals surface area contributed by atoms with E-state index in [4.69, 9.17) is 5.73 Å². The summed E-state index contributed by atoms with van der Waals surface area (Å²) in [6.07, 6.45) is 3.69. The van der Waals surface area contributed by atoms with Gasteiger partial charge in [-0.15, -0.1) is 12.4 Å². The molecule has 0 spiro atoms. The van der Waals surface area contributed by atoms with E-state index in [-0.39, 0.29) is 12.4 Å². The lowest BCUT2D eigenvalue weighted by Gasteiger charge is -2.33. The second-order valence-electron chi connectivity index (χ2n) is 4.76. The summed E-state index contributed by atoms with van der Waals surface area (Å²) in [7, 11) is -1.57. The first-order chi connectivity index (χ1) is 8.02. The monoisotopic (exact) mass is 299 g/mol. The predicted octanol–water partition coefficient (Wildman–Crippen LogP) is 1.06. The van der Waals surface area contributed by atoms with Crippen molar-refractivity contribution in [2.75, 3.05) is 33.2 Å². The summed E-state index contributed by atoms with van der Waals surface area (Å²) in [6.45, 7) is 4.56. The van der Waals surface area contributed by atoms with Gasteiger partial charge in [-0.05, 0) is 31.7 Å². The average molecular weight is 300 g/mol. The number of hydrogen-bond donors (Lipinski definition) is 1. The van der Waals surface area contributed by atoms with Gasteiger partial charge in [0.05, 0.1) is 0 Å². The van der Waals surface area contributed by atoms with E-state index in [0.717, 1.165) is 25.7 Å². The van der Waals surface area contributed by atoms with Gasteiger partial charge >= 0.3 is 0 Å². The summed E-state index contributed by atoms with van der Waals surface area (Å²) in [4.78, 5) is 0. The molecule has 0 radical (unpaired) electrons. The largest absolute Gasteiger partial charge is 0.330 e. The quantitative estimate of drug-likeness (QED) is 0.797. The van der Waals surface area contributed by atoms with Crippen molar-refractivity contribution in [3.05, 3.63) is 0 Å². The van der Waals surface area contributed by atoms with Gasteiger partial charge in [0.1, 0.15) is 0 Å². The van der Waals surface area contributed by atoms with E-state index in [1.807, 2.05) is 0 Å². The third kappa shape index (κ3) is 4.66. The highest BCUT2D eigenvalue weighted by atomic mass is 35.5. The van der Waals surface area contributed by atoms with Crippen molar-refractivity contribution in [2.45, 2.75) is 32.6 Å². The molecule has 5 nitrogen and oxygen atoms in total. The summed E-state index contributed by atoms with van der Waals surface area (Å²) in [6, 6.07) is 0. The van der Waals surface area contributed by atoms with E-state index >= 15 is 0 Å². The van der Waals surface area contributed by atoms with Crippen molar-refractivity contribution in [3.63, 3.8) is 0 Å². The van der Waals surface area contributed by atoms with Crippen LogP contribution in [0.4, 0.5) is 0 Å². The molecule has 1 heterocycles. The van der Waals surface area contributed by atoms with Crippen molar-refractivity contribution in [1.82, 2.24) is 8.61 Å². The van der Waals surface area contributed by atoms with E-state index < -0.39 is 10.2 Å². The van der Waals surface area contributed by atoms with Crippen molar-refractivity contribution in [2.24, 2.45) is 11.7 Å². The second-order valence-corrected chi connectivity index (χ2v) is 6.80. The summed E-state index contributed by atoms with van der Waals surface area (Å²) in [5.74, 6) is 0.488.